The first-order valence-electron chi connectivity index (χ1n) is 9.46. The monoisotopic (exact) mass is 406 g/mol. The van der Waals surface area contributed by atoms with Gasteiger partial charge in [0.05, 0.1) is 27.0 Å². The SMILES string of the molecule is COc1cc(CNC(=O)CN2C(=O)c3cccc4cccc2c34)cc(OC)c1OC. The Balaban J connectivity index is 1.49. The van der Waals surface area contributed by atoms with Crippen LogP contribution in [0.4, 0.5) is 5.69 Å². The van der Waals surface area contributed by atoms with Gasteiger partial charge in [-0.15, -0.1) is 0 Å². The Morgan fingerprint density at radius 1 is 0.967 bits per heavy atom. The summed E-state index contributed by atoms with van der Waals surface area (Å²) in [6.45, 7) is 0.200. The van der Waals surface area contributed by atoms with E-state index in [9.17, 15) is 9.59 Å². The van der Waals surface area contributed by atoms with Crippen LogP contribution in [-0.2, 0) is 11.3 Å². The Labute approximate surface area is 174 Å². The third kappa shape index (κ3) is 3.28. The summed E-state index contributed by atoms with van der Waals surface area (Å²) < 4.78 is 16.0. The lowest BCUT2D eigenvalue weighted by molar-refractivity contribution is -0.119. The average Bonchev–Trinajstić information content (AvgIpc) is 3.04. The second-order valence-corrected chi connectivity index (χ2v) is 6.88. The number of nitrogens with one attached hydrogen (secondary N) is 1. The highest BCUT2D eigenvalue weighted by molar-refractivity contribution is 6.26. The van der Waals surface area contributed by atoms with Gasteiger partial charge in [0.25, 0.3) is 5.91 Å². The summed E-state index contributed by atoms with van der Waals surface area (Å²) >= 11 is 0. The van der Waals surface area contributed by atoms with Crippen LogP contribution in [0.1, 0.15) is 15.9 Å². The zero-order valence-electron chi connectivity index (χ0n) is 17.0. The molecule has 2 amide bonds. The molecule has 0 bridgehead atoms. The maximum atomic E-state index is 12.8. The highest BCUT2D eigenvalue weighted by atomic mass is 16.5. The second-order valence-electron chi connectivity index (χ2n) is 6.88. The Kier molecular flexibility index (Phi) is 5.18. The van der Waals surface area contributed by atoms with Crippen molar-refractivity contribution < 1.29 is 23.8 Å². The number of anilines is 1. The number of hydrogen-bond donors (Lipinski definition) is 1. The summed E-state index contributed by atoms with van der Waals surface area (Å²) in [7, 11) is 4.61. The molecule has 0 saturated heterocycles. The molecular weight excluding hydrogens is 384 g/mol. The van der Waals surface area contributed by atoms with E-state index in [4.69, 9.17) is 14.2 Å². The van der Waals surface area contributed by atoms with Gasteiger partial charge in [-0.2, -0.15) is 0 Å². The third-order valence-electron chi connectivity index (χ3n) is 5.16. The summed E-state index contributed by atoms with van der Waals surface area (Å²) in [4.78, 5) is 27.0. The molecule has 0 spiro atoms. The van der Waals surface area contributed by atoms with Crippen LogP contribution < -0.4 is 24.4 Å². The van der Waals surface area contributed by atoms with Gasteiger partial charge in [-0.05, 0) is 35.2 Å². The Morgan fingerprint density at radius 3 is 2.27 bits per heavy atom. The standard InChI is InChI=1S/C23H22N2O5/c1-28-18-10-14(11-19(29-2)22(18)30-3)12-24-20(26)13-25-17-9-5-7-15-6-4-8-16(21(15)17)23(25)27/h4-11H,12-13H2,1-3H3,(H,24,26). The number of hydrogen-bond acceptors (Lipinski definition) is 5. The lowest BCUT2D eigenvalue weighted by atomic mass is 10.1. The second kappa shape index (κ2) is 7.94. The van der Waals surface area contributed by atoms with Gasteiger partial charge in [-0.1, -0.05) is 24.3 Å². The molecule has 0 fully saturated rings. The van der Waals surface area contributed by atoms with E-state index < -0.39 is 0 Å². The van der Waals surface area contributed by atoms with Crippen LogP contribution in [0.2, 0.25) is 0 Å². The molecular formula is C23H22N2O5. The topological polar surface area (TPSA) is 77.1 Å². The maximum Gasteiger partial charge on any atom is 0.259 e. The van der Waals surface area contributed by atoms with E-state index in [0.717, 1.165) is 22.0 Å². The molecule has 3 aromatic rings. The van der Waals surface area contributed by atoms with Crippen molar-refractivity contribution in [3.05, 3.63) is 59.7 Å². The van der Waals surface area contributed by atoms with E-state index in [0.29, 0.717) is 22.8 Å². The van der Waals surface area contributed by atoms with Crippen LogP contribution in [0.25, 0.3) is 10.8 Å². The van der Waals surface area contributed by atoms with Crippen molar-refractivity contribution >= 4 is 28.3 Å². The molecule has 3 aromatic carbocycles. The van der Waals surface area contributed by atoms with Crippen LogP contribution in [0, 0.1) is 0 Å². The van der Waals surface area contributed by atoms with Crippen molar-refractivity contribution in [3.63, 3.8) is 0 Å². The van der Waals surface area contributed by atoms with Gasteiger partial charge in [-0.25, -0.2) is 0 Å². The Morgan fingerprint density at radius 2 is 1.63 bits per heavy atom. The van der Waals surface area contributed by atoms with Gasteiger partial charge in [0.15, 0.2) is 11.5 Å². The molecule has 1 aliphatic heterocycles. The minimum absolute atomic E-state index is 0.0585. The number of carbonyl (C=O) groups is 2. The predicted octanol–water partition coefficient (Wildman–Crippen LogP) is 3.14. The smallest absolute Gasteiger partial charge is 0.259 e. The molecule has 1 aliphatic rings. The van der Waals surface area contributed by atoms with Crippen LogP contribution >= 0.6 is 0 Å². The predicted molar refractivity (Wildman–Crippen MR) is 114 cm³/mol. The summed E-state index contributed by atoms with van der Waals surface area (Å²) in [6, 6.07) is 14.9. The molecule has 7 nitrogen and oxygen atoms in total. The fraction of sp³-hybridized carbons (Fsp3) is 0.217. The number of benzene rings is 3. The molecule has 0 saturated carbocycles. The van der Waals surface area contributed by atoms with Gasteiger partial charge in [0, 0.05) is 17.5 Å². The summed E-state index contributed by atoms with van der Waals surface area (Å²) in [5.74, 6) is 1.09. The molecule has 0 aliphatic carbocycles. The van der Waals surface area contributed by atoms with E-state index in [2.05, 4.69) is 5.32 Å². The molecule has 0 unspecified atom stereocenters. The first-order valence-corrected chi connectivity index (χ1v) is 9.46. The Hall–Kier alpha value is -3.74. The van der Waals surface area contributed by atoms with E-state index in [1.54, 1.807) is 18.2 Å². The van der Waals surface area contributed by atoms with Gasteiger partial charge in [0.1, 0.15) is 6.54 Å². The molecule has 7 heteroatoms. The van der Waals surface area contributed by atoms with Crippen molar-refractivity contribution in [1.82, 2.24) is 5.32 Å². The van der Waals surface area contributed by atoms with Crippen molar-refractivity contribution in [2.24, 2.45) is 0 Å². The van der Waals surface area contributed by atoms with Crippen molar-refractivity contribution in [2.45, 2.75) is 6.54 Å². The van der Waals surface area contributed by atoms with Crippen LogP contribution in [0.3, 0.4) is 0 Å². The van der Waals surface area contributed by atoms with E-state index in [1.807, 2.05) is 30.3 Å². The first kappa shape index (κ1) is 19.6. The zero-order chi connectivity index (χ0) is 21.3. The van der Waals surface area contributed by atoms with Crippen LogP contribution in [-0.4, -0.2) is 39.7 Å². The van der Waals surface area contributed by atoms with Gasteiger partial charge < -0.3 is 19.5 Å². The number of nitrogens with zero attached hydrogens (tertiary/aromatic N) is 1. The minimum atomic E-state index is -0.262. The molecule has 0 atom stereocenters. The molecule has 1 N–H and O–H groups in total. The van der Waals surface area contributed by atoms with E-state index in [-0.39, 0.29) is 24.9 Å². The third-order valence-corrected chi connectivity index (χ3v) is 5.16. The number of carbonyl (C=O) groups excluding carboxylic acids is 2. The average molecular weight is 406 g/mol. The summed E-state index contributed by atoms with van der Waals surface area (Å²) in [5, 5.41) is 4.74. The first-order chi connectivity index (χ1) is 14.6. The van der Waals surface area contributed by atoms with Crippen molar-refractivity contribution in [3.8, 4) is 17.2 Å². The van der Waals surface area contributed by atoms with Crippen molar-refractivity contribution in [2.75, 3.05) is 32.8 Å². The quantitative estimate of drug-likeness (QED) is 0.652. The van der Waals surface area contributed by atoms with Crippen molar-refractivity contribution in [1.29, 1.82) is 0 Å². The fourth-order valence-corrected chi connectivity index (χ4v) is 3.77. The lowest BCUT2D eigenvalue weighted by Gasteiger charge is -2.18. The number of ether oxygens (including phenoxy) is 3. The fourth-order valence-electron chi connectivity index (χ4n) is 3.77. The molecule has 154 valence electrons. The molecule has 1 heterocycles. The number of amides is 2. The zero-order valence-corrected chi connectivity index (χ0v) is 17.0. The van der Waals surface area contributed by atoms with Gasteiger partial charge >= 0.3 is 0 Å². The maximum absolute atomic E-state index is 12.8. The van der Waals surface area contributed by atoms with E-state index in [1.165, 1.54) is 26.2 Å². The highest BCUT2D eigenvalue weighted by Crippen LogP contribution is 2.38. The number of rotatable bonds is 7. The van der Waals surface area contributed by atoms with E-state index >= 15 is 0 Å². The largest absolute Gasteiger partial charge is 0.493 e. The Bertz CT molecular complexity index is 1110. The summed E-state index contributed by atoms with van der Waals surface area (Å²) in [6.07, 6.45) is 0. The highest BCUT2D eigenvalue weighted by Gasteiger charge is 2.30. The van der Waals surface area contributed by atoms with Crippen LogP contribution in [0.15, 0.2) is 48.5 Å². The normalized spacial score (nSPS) is 12.2. The molecule has 0 radical (unpaired) electrons. The van der Waals surface area contributed by atoms with Gasteiger partial charge in [-0.3, -0.25) is 14.5 Å². The minimum Gasteiger partial charge on any atom is -0.493 e. The molecule has 4 rings (SSSR count). The molecule has 0 aromatic heterocycles. The van der Waals surface area contributed by atoms with Crippen LogP contribution in [0.5, 0.6) is 17.2 Å². The number of methoxy groups -OCH3 is 3. The lowest BCUT2D eigenvalue weighted by Crippen LogP contribution is -2.38. The molecule has 30 heavy (non-hydrogen) atoms. The van der Waals surface area contributed by atoms with Gasteiger partial charge in [0.2, 0.25) is 11.7 Å². The summed E-state index contributed by atoms with van der Waals surface area (Å²) in [5.41, 5.74) is 2.17.